The summed E-state index contributed by atoms with van der Waals surface area (Å²) >= 11 is 6.05. The van der Waals surface area contributed by atoms with Gasteiger partial charge < -0.3 is 5.11 Å². The third kappa shape index (κ3) is 4.30. The number of nitrogens with zero attached hydrogens (tertiary/aromatic N) is 2. The van der Waals surface area contributed by atoms with Gasteiger partial charge in [-0.3, -0.25) is 9.88 Å². The Bertz CT molecular complexity index is 545. The first-order valence-corrected chi connectivity index (χ1v) is 7.04. The minimum atomic E-state index is 0.146. The van der Waals surface area contributed by atoms with Crippen LogP contribution in [0, 0.1) is 6.92 Å². The molecule has 0 radical (unpaired) electrons. The van der Waals surface area contributed by atoms with Crippen LogP contribution in [-0.4, -0.2) is 28.1 Å². The fourth-order valence-electron chi connectivity index (χ4n) is 2.17. The van der Waals surface area contributed by atoms with Crippen molar-refractivity contribution in [1.82, 2.24) is 9.88 Å². The maximum atomic E-state index is 9.21. The van der Waals surface area contributed by atoms with Crippen LogP contribution < -0.4 is 0 Å². The number of aryl methyl sites for hydroxylation is 1. The summed E-state index contributed by atoms with van der Waals surface area (Å²) in [5.74, 6) is 0. The van der Waals surface area contributed by atoms with E-state index in [-0.39, 0.29) is 6.61 Å². The molecule has 0 amide bonds. The van der Waals surface area contributed by atoms with Gasteiger partial charge in [0.2, 0.25) is 0 Å². The molecule has 0 saturated carbocycles. The summed E-state index contributed by atoms with van der Waals surface area (Å²) in [5.41, 5.74) is 3.42. The van der Waals surface area contributed by atoms with Gasteiger partial charge in [0.25, 0.3) is 0 Å². The van der Waals surface area contributed by atoms with Gasteiger partial charge in [0.15, 0.2) is 0 Å². The van der Waals surface area contributed by atoms with Crippen molar-refractivity contribution in [2.24, 2.45) is 0 Å². The lowest BCUT2D eigenvalue weighted by Crippen LogP contribution is -2.26. The molecule has 0 aliphatic heterocycles. The first-order valence-electron chi connectivity index (χ1n) is 6.66. The lowest BCUT2D eigenvalue weighted by Gasteiger charge is -2.21. The zero-order valence-corrected chi connectivity index (χ0v) is 12.3. The highest BCUT2D eigenvalue weighted by Crippen LogP contribution is 2.18. The molecule has 4 heteroatoms. The highest BCUT2D eigenvalue weighted by molar-refractivity contribution is 6.31. The number of hydrogen-bond acceptors (Lipinski definition) is 3. The van der Waals surface area contributed by atoms with Crippen LogP contribution in [0.4, 0.5) is 0 Å². The van der Waals surface area contributed by atoms with Crippen molar-refractivity contribution in [3.63, 3.8) is 0 Å². The van der Waals surface area contributed by atoms with Crippen molar-refractivity contribution in [1.29, 1.82) is 0 Å². The molecule has 1 aromatic heterocycles. The average molecular weight is 291 g/mol. The first kappa shape index (κ1) is 15.0. The van der Waals surface area contributed by atoms with Crippen LogP contribution in [0.5, 0.6) is 0 Å². The highest BCUT2D eigenvalue weighted by atomic mass is 35.5. The van der Waals surface area contributed by atoms with Crippen LogP contribution in [0.2, 0.25) is 5.02 Å². The molecule has 0 spiro atoms. The molecule has 0 aliphatic carbocycles. The molecule has 20 heavy (non-hydrogen) atoms. The summed E-state index contributed by atoms with van der Waals surface area (Å²) < 4.78 is 0. The summed E-state index contributed by atoms with van der Waals surface area (Å²) in [4.78, 5) is 6.32. The van der Waals surface area contributed by atoms with Gasteiger partial charge >= 0.3 is 0 Å². The minimum Gasteiger partial charge on any atom is -0.395 e. The topological polar surface area (TPSA) is 36.4 Å². The fourth-order valence-corrected chi connectivity index (χ4v) is 2.29. The van der Waals surface area contributed by atoms with E-state index in [1.807, 2.05) is 37.4 Å². The molecule has 0 aliphatic rings. The zero-order valence-electron chi connectivity index (χ0n) is 11.6. The molecular weight excluding hydrogens is 272 g/mol. The first-order chi connectivity index (χ1) is 9.69. The van der Waals surface area contributed by atoms with E-state index in [0.717, 1.165) is 29.2 Å². The summed E-state index contributed by atoms with van der Waals surface area (Å²) in [6.45, 7) is 4.34. The molecule has 0 saturated heterocycles. The van der Waals surface area contributed by atoms with Gasteiger partial charge in [-0.2, -0.15) is 0 Å². The maximum Gasteiger partial charge on any atom is 0.0558 e. The summed E-state index contributed by atoms with van der Waals surface area (Å²) in [7, 11) is 0. The highest BCUT2D eigenvalue weighted by Gasteiger charge is 2.07. The SMILES string of the molecule is Cc1cc(CN(CCO)Cc2cccnc2)ccc1Cl. The number of hydrogen-bond donors (Lipinski definition) is 1. The van der Waals surface area contributed by atoms with E-state index in [0.29, 0.717) is 6.54 Å². The molecule has 0 fully saturated rings. The molecule has 2 aromatic rings. The van der Waals surface area contributed by atoms with Crippen LogP contribution in [0.3, 0.4) is 0 Å². The van der Waals surface area contributed by atoms with E-state index >= 15 is 0 Å². The van der Waals surface area contributed by atoms with Gasteiger partial charge in [-0.25, -0.2) is 0 Å². The Morgan fingerprint density at radius 1 is 1.20 bits per heavy atom. The quantitative estimate of drug-likeness (QED) is 0.888. The molecular formula is C16H19ClN2O. The monoisotopic (exact) mass is 290 g/mol. The predicted octanol–water partition coefficient (Wildman–Crippen LogP) is 3.04. The van der Waals surface area contributed by atoms with E-state index < -0.39 is 0 Å². The van der Waals surface area contributed by atoms with Gasteiger partial charge in [-0.05, 0) is 35.7 Å². The standard InChI is InChI=1S/C16H19ClN2O/c1-13-9-14(4-5-16(13)17)11-19(7-8-20)12-15-3-2-6-18-10-15/h2-6,9-10,20H,7-8,11-12H2,1H3. The summed E-state index contributed by atoms with van der Waals surface area (Å²) in [6.07, 6.45) is 3.62. The Balaban J connectivity index is 2.06. The van der Waals surface area contributed by atoms with Gasteiger partial charge in [0.1, 0.15) is 0 Å². The average Bonchev–Trinajstić information content (AvgIpc) is 2.44. The van der Waals surface area contributed by atoms with E-state index in [2.05, 4.69) is 16.0 Å². The Hall–Kier alpha value is -1.42. The maximum absolute atomic E-state index is 9.21. The Morgan fingerprint density at radius 3 is 2.65 bits per heavy atom. The smallest absolute Gasteiger partial charge is 0.0558 e. The molecule has 1 N–H and O–H groups in total. The molecule has 1 aromatic carbocycles. The number of aliphatic hydroxyl groups is 1. The molecule has 0 unspecified atom stereocenters. The second kappa shape index (κ2) is 7.39. The van der Waals surface area contributed by atoms with Gasteiger partial charge in [0.05, 0.1) is 6.61 Å². The lowest BCUT2D eigenvalue weighted by atomic mass is 10.1. The van der Waals surface area contributed by atoms with Gasteiger partial charge in [-0.1, -0.05) is 29.8 Å². The molecule has 1 heterocycles. The van der Waals surface area contributed by atoms with Gasteiger partial charge in [-0.15, -0.1) is 0 Å². The van der Waals surface area contributed by atoms with E-state index in [1.54, 1.807) is 6.20 Å². The second-order valence-electron chi connectivity index (χ2n) is 4.88. The lowest BCUT2D eigenvalue weighted by molar-refractivity contribution is 0.184. The van der Waals surface area contributed by atoms with Crippen molar-refractivity contribution in [2.75, 3.05) is 13.2 Å². The number of rotatable bonds is 6. The van der Waals surface area contributed by atoms with Crippen molar-refractivity contribution >= 4 is 11.6 Å². The second-order valence-corrected chi connectivity index (χ2v) is 5.29. The molecule has 106 valence electrons. The van der Waals surface area contributed by atoms with E-state index in [4.69, 9.17) is 11.6 Å². The summed E-state index contributed by atoms with van der Waals surface area (Å²) in [6, 6.07) is 10.0. The normalized spacial score (nSPS) is 11.0. The van der Waals surface area contributed by atoms with Crippen LogP contribution in [0.25, 0.3) is 0 Å². The summed E-state index contributed by atoms with van der Waals surface area (Å²) in [5, 5.41) is 10.00. The molecule has 3 nitrogen and oxygen atoms in total. The molecule has 2 rings (SSSR count). The number of halogens is 1. The van der Waals surface area contributed by atoms with Crippen LogP contribution in [0.1, 0.15) is 16.7 Å². The third-order valence-electron chi connectivity index (χ3n) is 3.17. The van der Waals surface area contributed by atoms with E-state index in [1.165, 1.54) is 5.56 Å². The van der Waals surface area contributed by atoms with Crippen molar-refractivity contribution in [3.8, 4) is 0 Å². The van der Waals surface area contributed by atoms with Crippen LogP contribution >= 0.6 is 11.6 Å². The van der Waals surface area contributed by atoms with Crippen molar-refractivity contribution in [3.05, 3.63) is 64.4 Å². The largest absolute Gasteiger partial charge is 0.395 e. The fraction of sp³-hybridized carbons (Fsp3) is 0.312. The molecule has 0 bridgehead atoms. The number of benzene rings is 1. The Labute approximate surface area is 124 Å². The van der Waals surface area contributed by atoms with E-state index in [9.17, 15) is 5.11 Å². The molecule has 0 atom stereocenters. The van der Waals surface area contributed by atoms with Crippen LogP contribution in [-0.2, 0) is 13.1 Å². The number of aromatic nitrogens is 1. The third-order valence-corrected chi connectivity index (χ3v) is 3.60. The van der Waals surface area contributed by atoms with Crippen molar-refractivity contribution < 1.29 is 5.11 Å². The number of aliphatic hydroxyl groups excluding tert-OH is 1. The van der Waals surface area contributed by atoms with Gasteiger partial charge in [0, 0.05) is 37.1 Å². The minimum absolute atomic E-state index is 0.146. The van der Waals surface area contributed by atoms with Crippen LogP contribution in [0.15, 0.2) is 42.7 Å². The predicted molar refractivity (Wildman–Crippen MR) is 81.6 cm³/mol. The van der Waals surface area contributed by atoms with Crippen molar-refractivity contribution in [2.45, 2.75) is 20.0 Å². The Kier molecular flexibility index (Phi) is 5.53. The Morgan fingerprint density at radius 2 is 2.00 bits per heavy atom. The zero-order chi connectivity index (χ0) is 14.4. The number of pyridine rings is 1.